The van der Waals surface area contributed by atoms with Gasteiger partial charge in [0.15, 0.2) is 0 Å². The highest BCUT2D eigenvalue weighted by Crippen LogP contribution is 2.23. The number of hydrogen-bond acceptors (Lipinski definition) is 3. The molecule has 2 aromatic rings. The topological polar surface area (TPSA) is 55.8 Å². The molecular formula is C28H38O4. The van der Waals surface area contributed by atoms with Crippen molar-refractivity contribution in [2.24, 2.45) is 0 Å². The minimum Gasteiger partial charge on any atom is -0.497 e. The van der Waals surface area contributed by atoms with E-state index in [1.807, 2.05) is 12.1 Å². The number of carboxylic acids is 1. The van der Waals surface area contributed by atoms with Gasteiger partial charge in [-0.25, -0.2) is 0 Å². The van der Waals surface area contributed by atoms with Crippen LogP contribution in [0.5, 0.6) is 11.5 Å². The maximum absolute atomic E-state index is 10.6. The van der Waals surface area contributed by atoms with Gasteiger partial charge in [-0.15, -0.1) is 0 Å². The van der Waals surface area contributed by atoms with Gasteiger partial charge >= 0.3 is 5.97 Å². The van der Waals surface area contributed by atoms with Crippen molar-refractivity contribution in [1.82, 2.24) is 0 Å². The predicted octanol–water partition coefficient (Wildman–Crippen LogP) is 7.10. The molecule has 0 radical (unpaired) electrons. The molecule has 4 heteroatoms. The zero-order chi connectivity index (χ0) is 23.0. The van der Waals surface area contributed by atoms with Gasteiger partial charge in [0.1, 0.15) is 11.5 Å². The van der Waals surface area contributed by atoms with Crippen molar-refractivity contribution in [2.75, 3.05) is 13.7 Å². The van der Waals surface area contributed by atoms with Crippen LogP contribution in [-0.4, -0.2) is 24.8 Å². The number of aryl methyl sites for hydroxylation is 2. The number of benzene rings is 2. The van der Waals surface area contributed by atoms with E-state index >= 15 is 0 Å². The first kappa shape index (κ1) is 25.5. The van der Waals surface area contributed by atoms with Crippen molar-refractivity contribution in [3.63, 3.8) is 0 Å². The Hall–Kier alpha value is -2.75. The van der Waals surface area contributed by atoms with Crippen LogP contribution >= 0.6 is 0 Å². The Morgan fingerprint density at radius 3 is 2.50 bits per heavy atom. The molecule has 2 rings (SSSR count). The molecule has 0 fully saturated rings. The molecule has 0 atom stereocenters. The van der Waals surface area contributed by atoms with E-state index in [1.165, 1.54) is 16.7 Å². The number of unbranched alkanes of at least 4 members (excludes halogenated alkanes) is 4. The van der Waals surface area contributed by atoms with Gasteiger partial charge < -0.3 is 14.6 Å². The molecule has 0 amide bonds. The standard InChI is InChI=1S/C28H38O4/c1-3-11-25-22-24(13-8-6-9-14-28(29)30)17-20-27(25)32-21-10-5-4-7-12-23-15-18-26(31-2)19-16-23/h7,12,15-20,22H,3-6,8-11,13-14,21H2,1-2H3,(H,29,30)/b12-7+. The molecule has 32 heavy (non-hydrogen) atoms. The molecule has 0 saturated heterocycles. The van der Waals surface area contributed by atoms with E-state index in [1.54, 1.807) is 7.11 Å². The summed E-state index contributed by atoms with van der Waals surface area (Å²) in [6.07, 6.45) is 13.7. The minimum atomic E-state index is -0.704. The number of carbonyl (C=O) groups is 1. The van der Waals surface area contributed by atoms with Crippen LogP contribution in [0.2, 0.25) is 0 Å². The van der Waals surface area contributed by atoms with Crippen molar-refractivity contribution in [3.8, 4) is 11.5 Å². The molecule has 0 aliphatic heterocycles. The number of rotatable bonds is 16. The summed E-state index contributed by atoms with van der Waals surface area (Å²) in [5.74, 6) is 1.19. The Balaban J connectivity index is 1.70. The van der Waals surface area contributed by atoms with Crippen LogP contribution < -0.4 is 9.47 Å². The van der Waals surface area contributed by atoms with Gasteiger partial charge in [-0.2, -0.15) is 0 Å². The SMILES string of the molecule is CCCc1cc(CCCCCC(=O)O)ccc1OCCCC/C=C/c1ccc(OC)cc1. The van der Waals surface area contributed by atoms with Gasteiger partial charge in [-0.05, 0) is 79.8 Å². The third-order valence-electron chi connectivity index (χ3n) is 5.45. The van der Waals surface area contributed by atoms with Gasteiger partial charge in [0.2, 0.25) is 0 Å². The fraction of sp³-hybridized carbons (Fsp3) is 0.464. The fourth-order valence-corrected chi connectivity index (χ4v) is 3.66. The molecule has 2 aromatic carbocycles. The third-order valence-corrected chi connectivity index (χ3v) is 5.45. The van der Waals surface area contributed by atoms with Crippen LogP contribution in [0.15, 0.2) is 48.5 Å². The normalized spacial score (nSPS) is 11.1. The van der Waals surface area contributed by atoms with Crippen LogP contribution in [0.1, 0.15) is 75.0 Å². The van der Waals surface area contributed by atoms with E-state index in [2.05, 4.69) is 49.4 Å². The van der Waals surface area contributed by atoms with Crippen LogP contribution in [0.4, 0.5) is 0 Å². The summed E-state index contributed by atoms with van der Waals surface area (Å²) in [5, 5.41) is 8.73. The molecule has 1 N–H and O–H groups in total. The zero-order valence-corrected chi connectivity index (χ0v) is 19.6. The second kappa shape index (κ2) is 15.1. The van der Waals surface area contributed by atoms with Crippen molar-refractivity contribution in [1.29, 1.82) is 0 Å². The molecule has 0 spiro atoms. The maximum Gasteiger partial charge on any atom is 0.303 e. The second-order valence-electron chi connectivity index (χ2n) is 8.17. The number of carboxylic acid groups (broad SMARTS) is 1. The number of aliphatic carboxylic acids is 1. The first-order chi connectivity index (χ1) is 15.6. The first-order valence-corrected chi connectivity index (χ1v) is 11.9. The fourth-order valence-electron chi connectivity index (χ4n) is 3.66. The average molecular weight is 439 g/mol. The quantitative estimate of drug-likeness (QED) is 0.284. The van der Waals surface area contributed by atoms with E-state index in [4.69, 9.17) is 14.6 Å². The molecule has 0 saturated carbocycles. The van der Waals surface area contributed by atoms with Crippen LogP contribution in [0.25, 0.3) is 6.08 Å². The summed E-state index contributed by atoms with van der Waals surface area (Å²) in [6, 6.07) is 14.6. The third kappa shape index (κ3) is 10.0. The first-order valence-electron chi connectivity index (χ1n) is 11.9. The second-order valence-corrected chi connectivity index (χ2v) is 8.17. The lowest BCUT2D eigenvalue weighted by Crippen LogP contribution is -2.01. The molecule has 0 aromatic heterocycles. The Kier molecular flexibility index (Phi) is 12.1. The highest BCUT2D eigenvalue weighted by Gasteiger charge is 2.06. The lowest BCUT2D eigenvalue weighted by atomic mass is 10.0. The van der Waals surface area contributed by atoms with Gasteiger partial charge in [-0.3, -0.25) is 4.79 Å². The minimum absolute atomic E-state index is 0.269. The zero-order valence-electron chi connectivity index (χ0n) is 19.6. The molecule has 0 aliphatic carbocycles. The summed E-state index contributed by atoms with van der Waals surface area (Å²) in [6.45, 7) is 2.93. The van der Waals surface area contributed by atoms with Crippen LogP contribution in [0.3, 0.4) is 0 Å². The highest BCUT2D eigenvalue weighted by molar-refractivity contribution is 5.66. The van der Waals surface area contributed by atoms with Crippen LogP contribution in [0, 0.1) is 0 Å². The number of allylic oxidation sites excluding steroid dienone is 1. The summed E-state index contributed by atoms with van der Waals surface area (Å²) in [7, 11) is 1.68. The lowest BCUT2D eigenvalue weighted by Gasteiger charge is -2.13. The smallest absolute Gasteiger partial charge is 0.303 e. The molecule has 174 valence electrons. The Morgan fingerprint density at radius 2 is 1.78 bits per heavy atom. The number of ether oxygens (including phenoxy) is 2. The molecule has 0 unspecified atom stereocenters. The van der Waals surface area contributed by atoms with Gasteiger partial charge in [0, 0.05) is 6.42 Å². The van der Waals surface area contributed by atoms with Crippen molar-refractivity contribution in [2.45, 2.75) is 71.1 Å². The predicted molar refractivity (Wildman–Crippen MR) is 132 cm³/mol. The number of hydrogen-bond donors (Lipinski definition) is 1. The van der Waals surface area contributed by atoms with Gasteiger partial charge in [0.25, 0.3) is 0 Å². The van der Waals surface area contributed by atoms with Gasteiger partial charge in [0.05, 0.1) is 13.7 Å². The Morgan fingerprint density at radius 1 is 0.969 bits per heavy atom. The Bertz CT molecular complexity index is 824. The monoisotopic (exact) mass is 438 g/mol. The molecule has 0 bridgehead atoms. The molecular weight excluding hydrogens is 400 g/mol. The summed E-state index contributed by atoms with van der Waals surface area (Å²) in [5.41, 5.74) is 3.79. The largest absolute Gasteiger partial charge is 0.497 e. The summed E-state index contributed by atoms with van der Waals surface area (Å²) >= 11 is 0. The van der Waals surface area contributed by atoms with E-state index in [9.17, 15) is 4.79 Å². The summed E-state index contributed by atoms with van der Waals surface area (Å²) in [4.78, 5) is 10.6. The number of methoxy groups -OCH3 is 1. The molecule has 4 nitrogen and oxygen atoms in total. The maximum atomic E-state index is 10.6. The van der Waals surface area contributed by atoms with Crippen molar-refractivity contribution < 1.29 is 19.4 Å². The molecule has 0 heterocycles. The van der Waals surface area contributed by atoms with Gasteiger partial charge in [-0.1, -0.05) is 56.2 Å². The van der Waals surface area contributed by atoms with Crippen molar-refractivity contribution >= 4 is 12.0 Å². The Labute approximate surface area is 193 Å². The lowest BCUT2D eigenvalue weighted by molar-refractivity contribution is -0.137. The van der Waals surface area contributed by atoms with E-state index in [0.717, 1.165) is 75.9 Å². The van der Waals surface area contributed by atoms with Crippen LogP contribution in [-0.2, 0) is 17.6 Å². The van der Waals surface area contributed by atoms with Crippen molar-refractivity contribution in [3.05, 3.63) is 65.2 Å². The van der Waals surface area contributed by atoms with E-state index in [-0.39, 0.29) is 6.42 Å². The van der Waals surface area contributed by atoms with E-state index in [0.29, 0.717) is 0 Å². The highest BCUT2D eigenvalue weighted by atomic mass is 16.5. The summed E-state index contributed by atoms with van der Waals surface area (Å²) < 4.78 is 11.3. The molecule has 0 aliphatic rings. The van der Waals surface area contributed by atoms with E-state index < -0.39 is 5.97 Å². The average Bonchev–Trinajstić information content (AvgIpc) is 2.79.